The van der Waals surface area contributed by atoms with Gasteiger partial charge in [0.2, 0.25) is 0 Å². The number of carbonyl (C=O) groups excluding carboxylic acids is 1. The third-order valence-corrected chi connectivity index (χ3v) is 5.42. The molecule has 1 aliphatic heterocycles. The van der Waals surface area contributed by atoms with Crippen molar-refractivity contribution in [2.75, 3.05) is 32.8 Å². The first-order valence-corrected chi connectivity index (χ1v) is 10.6. The minimum Gasteiger partial charge on any atom is -0.484 e. The highest BCUT2D eigenvalue weighted by molar-refractivity contribution is 5.77. The van der Waals surface area contributed by atoms with E-state index in [1.54, 1.807) is 6.20 Å². The number of carbonyl (C=O) groups is 1. The van der Waals surface area contributed by atoms with Crippen LogP contribution in [0.25, 0.3) is 5.69 Å². The molecule has 0 atom stereocenters. The summed E-state index contributed by atoms with van der Waals surface area (Å²) in [4.78, 5) is 17.4. The Morgan fingerprint density at radius 2 is 1.67 bits per heavy atom. The summed E-state index contributed by atoms with van der Waals surface area (Å²) in [6.45, 7) is 4.33. The van der Waals surface area contributed by atoms with Crippen LogP contribution in [-0.2, 0) is 11.3 Å². The summed E-state index contributed by atoms with van der Waals surface area (Å²) in [7, 11) is 0. The summed E-state index contributed by atoms with van der Waals surface area (Å²) >= 11 is 0. The number of amides is 1. The fourth-order valence-electron chi connectivity index (χ4n) is 3.76. The summed E-state index contributed by atoms with van der Waals surface area (Å²) in [6, 6.07) is 21.5. The third kappa shape index (κ3) is 5.27. The number of hydrogen-bond donors (Lipinski definition) is 0. The molecule has 156 valence electrons. The second kappa shape index (κ2) is 10.1. The summed E-state index contributed by atoms with van der Waals surface area (Å²) in [5.74, 6) is 0.693. The van der Waals surface area contributed by atoms with Gasteiger partial charge >= 0.3 is 0 Å². The fourth-order valence-corrected chi connectivity index (χ4v) is 3.76. The standard InChI is InChI=1S/C24H28N4O2/c29-24(20-30-23-11-5-2-6-12-23)27(18-17-26-15-7-8-16-26)19-22-13-14-25-28(22)21-9-3-1-4-10-21/h1-6,9-14H,7-8,15-20H2. The molecule has 2 aromatic carbocycles. The summed E-state index contributed by atoms with van der Waals surface area (Å²) < 4.78 is 7.62. The highest BCUT2D eigenvalue weighted by Crippen LogP contribution is 2.14. The molecule has 1 saturated heterocycles. The molecule has 0 N–H and O–H groups in total. The lowest BCUT2D eigenvalue weighted by Gasteiger charge is -2.26. The van der Waals surface area contributed by atoms with Crippen LogP contribution in [0.1, 0.15) is 18.5 Å². The Bertz CT molecular complexity index is 921. The van der Waals surface area contributed by atoms with Gasteiger partial charge in [-0.05, 0) is 56.3 Å². The first-order valence-electron chi connectivity index (χ1n) is 10.6. The van der Waals surface area contributed by atoms with E-state index in [-0.39, 0.29) is 12.5 Å². The molecule has 6 nitrogen and oxygen atoms in total. The van der Waals surface area contributed by atoms with Crippen molar-refractivity contribution in [3.63, 3.8) is 0 Å². The first kappa shape index (κ1) is 20.2. The Balaban J connectivity index is 1.46. The van der Waals surface area contributed by atoms with Crippen LogP contribution in [0.4, 0.5) is 0 Å². The minimum absolute atomic E-state index is 0.0149. The topological polar surface area (TPSA) is 50.6 Å². The molecule has 1 aromatic heterocycles. The second-order valence-electron chi connectivity index (χ2n) is 7.54. The van der Waals surface area contributed by atoms with E-state index in [1.165, 1.54) is 12.8 Å². The lowest BCUT2D eigenvalue weighted by molar-refractivity contribution is -0.134. The van der Waals surface area contributed by atoms with Gasteiger partial charge in [-0.1, -0.05) is 36.4 Å². The van der Waals surface area contributed by atoms with E-state index >= 15 is 0 Å². The number of hydrogen-bond acceptors (Lipinski definition) is 4. The van der Waals surface area contributed by atoms with Crippen molar-refractivity contribution in [2.45, 2.75) is 19.4 Å². The number of likely N-dealkylation sites (tertiary alicyclic amines) is 1. The highest BCUT2D eigenvalue weighted by Gasteiger charge is 2.20. The van der Waals surface area contributed by atoms with Gasteiger partial charge in [-0.3, -0.25) is 4.79 Å². The Hall–Kier alpha value is -3.12. The summed E-state index contributed by atoms with van der Waals surface area (Å²) in [6.07, 6.45) is 4.27. The van der Waals surface area contributed by atoms with Crippen molar-refractivity contribution in [1.29, 1.82) is 0 Å². The molecule has 2 heterocycles. The van der Waals surface area contributed by atoms with E-state index < -0.39 is 0 Å². The second-order valence-corrected chi connectivity index (χ2v) is 7.54. The molecule has 0 unspecified atom stereocenters. The van der Waals surface area contributed by atoms with Crippen LogP contribution in [0, 0.1) is 0 Å². The van der Waals surface area contributed by atoms with E-state index in [1.807, 2.05) is 76.3 Å². The maximum atomic E-state index is 13.0. The van der Waals surface area contributed by atoms with Gasteiger partial charge in [-0.15, -0.1) is 0 Å². The molecule has 6 heteroatoms. The van der Waals surface area contributed by atoms with Gasteiger partial charge in [0.1, 0.15) is 5.75 Å². The molecule has 0 aliphatic carbocycles. The average Bonchev–Trinajstić information content (AvgIpc) is 3.48. The maximum absolute atomic E-state index is 13.0. The first-order chi connectivity index (χ1) is 14.8. The normalized spacial score (nSPS) is 14.0. The summed E-state index contributed by atoms with van der Waals surface area (Å²) in [5.41, 5.74) is 1.97. The maximum Gasteiger partial charge on any atom is 0.260 e. The van der Waals surface area contributed by atoms with Crippen LogP contribution in [0.2, 0.25) is 0 Å². The molecule has 1 aliphatic rings. The fraction of sp³-hybridized carbons (Fsp3) is 0.333. The van der Waals surface area contributed by atoms with E-state index in [0.717, 1.165) is 31.0 Å². The molecule has 0 radical (unpaired) electrons. The van der Waals surface area contributed by atoms with Crippen LogP contribution < -0.4 is 4.74 Å². The smallest absolute Gasteiger partial charge is 0.260 e. The summed E-state index contributed by atoms with van der Waals surface area (Å²) in [5, 5.41) is 4.47. The largest absolute Gasteiger partial charge is 0.484 e. The number of aromatic nitrogens is 2. The van der Waals surface area contributed by atoms with Gasteiger partial charge < -0.3 is 14.5 Å². The quantitative estimate of drug-likeness (QED) is 0.549. The molecular formula is C24H28N4O2. The van der Waals surface area contributed by atoms with E-state index in [4.69, 9.17) is 4.74 Å². The van der Waals surface area contributed by atoms with Gasteiger partial charge in [0.05, 0.1) is 17.9 Å². The molecule has 1 fully saturated rings. The van der Waals surface area contributed by atoms with E-state index in [0.29, 0.717) is 18.8 Å². The van der Waals surface area contributed by atoms with Crippen molar-refractivity contribution in [2.24, 2.45) is 0 Å². The van der Waals surface area contributed by atoms with Crippen LogP contribution >= 0.6 is 0 Å². The van der Waals surface area contributed by atoms with Gasteiger partial charge in [0.25, 0.3) is 5.91 Å². The van der Waals surface area contributed by atoms with Crippen molar-refractivity contribution in [3.05, 3.63) is 78.6 Å². The van der Waals surface area contributed by atoms with E-state index in [9.17, 15) is 4.79 Å². The predicted octanol–water partition coefficient (Wildman–Crippen LogP) is 3.38. The zero-order valence-corrected chi connectivity index (χ0v) is 17.2. The van der Waals surface area contributed by atoms with Gasteiger partial charge in [-0.25, -0.2) is 4.68 Å². The Morgan fingerprint density at radius 1 is 0.967 bits per heavy atom. The monoisotopic (exact) mass is 404 g/mol. The zero-order valence-electron chi connectivity index (χ0n) is 17.2. The third-order valence-electron chi connectivity index (χ3n) is 5.42. The average molecular weight is 405 g/mol. The molecule has 0 saturated carbocycles. The minimum atomic E-state index is -0.0149. The van der Waals surface area contributed by atoms with Gasteiger partial charge in [0, 0.05) is 19.3 Å². The lowest BCUT2D eigenvalue weighted by atomic mass is 10.3. The number of nitrogens with zero attached hydrogens (tertiary/aromatic N) is 4. The SMILES string of the molecule is O=C(COc1ccccc1)N(CCN1CCCC1)Cc1ccnn1-c1ccccc1. The van der Waals surface area contributed by atoms with Crippen LogP contribution in [-0.4, -0.2) is 58.3 Å². The van der Waals surface area contributed by atoms with Crippen molar-refractivity contribution < 1.29 is 9.53 Å². The molecule has 1 amide bonds. The van der Waals surface area contributed by atoms with E-state index in [2.05, 4.69) is 10.00 Å². The van der Waals surface area contributed by atoms with Crippen LogP contribution in [0.15, 0.2) is 72.9 Å². The highest BCUT2D eigenvalue weighted by atomic mass is 16.5. The van der Waals surface area contributed by atoms with Gasteiger partial charge in [-0.2, -0.15) is 5.10 Å². The van der Waals surface area contributed by atoms with Crippen molar-refractivity contribution in [1.82, 2.24) is 19.6 Å². The Labute approximate surface area is 177 Å². The number of para-hydroxylation sites is 2. The van der Waals surface area contributed by atoms with Crippen LogP contribution in [0.3, 0.4) is 0 Å². The number of rotatable bonds is 9. The van der Waals surface area contributed by atoms with Crippen LogP contribution in [0.5, 0.6) is 5.75 Å². The molecule has 30 heavy (non-hydrogen) atoms. The molecule has 0 bridgehead atoms. The molecular weight excluding hydrogens is 376 g/mol. The van der Waals surface area contributed by atoms with Crippen molar-refractivity contribution in [3.8, 4) is 11.4 Å². The zero-order chi connectivity index (χ0) is 20.6. The number of benzene rings is 2. The predicted molar refractivity (Wildman–Crippen MR) is 117 cm³/mol. The van der Waals surface area contributed by atoms with Crippen molar-refractivity contribution >= 4 is 5.91 Å². The molecule has 0 spiro atoms. The molecule has 4 rings (SSSR count). The Morgan fingerprint density at radius 3 is 2.40 bits per heavy atom. The lowest BCUT2D eigenvalue weighted by Crippen LogP contribution is -2.40. The Kier molecular flexibility index (Phi) is 6.77. The number of ether oxygens (including phenoxy) is 1. The molecule has 3 aromatic rings. The van der Waals surface area contributed by atoms with Gasteiger partial charge in [0.15, 0.2) is 6.61 Å².